The number of fused-ring (bicyclic) bond motifs is 1. The Hall–Kier alpha value is -3.60. The number of aliphatic carboxylic acids is 1. The number of hydrogen-bond donors (Lipinski definition) is 2. The fourth-order valence-corrected chi connectivity index (χ4v) is 5.32. The van der Waals surface area contributed by atoms with E-state index in [1.807, 2.05) is 55.5 Å². The number of nitrogens with one attached hydrogen (secondary N) is 1. The lowest BCUT2D eigenvalue weighted by Crippen LogP contribution is -2.48. The van der Waals surface area contributed by atoms with Crippen molar-refractivity contribution in [3.63, 3.8) is 0 Å². The Morgan fingerprint density at radius 1 is 0.806 bits per heavy atom. The van der Waals surface area contributed by atoms with E-state index in [-0.39, 0.29) is 17.7 Å². The van der Waals surface area contributed by atoms with Gasteiger partial charge in [0.25, 0.3) is 0 Å². The van der Waals surface area contributed by atoms with Crippen LogP contribution in [0.5, 0.6) is 5.75 Å². The Morgan fingerprint density at radius 3 is 1.74 bits per heavy atom. The minimum Gasteiger partial charge on any atom is -0.494 e. The van der Waals surface area contributed by atoms with E-state index in [0.717, 1.165) is 28.0 Å². The molecule has 3 aliphatic carbocycles. The molecule has 3 aromatic rings. The molecule has 0 heterocycles. The molecule has 2 N–H and O–H groups in total. The Kier molecular flexibility index (Phi) is 4.74. The van der Waals surface area contributed by atoms with E-state index >= 15 is 0 Å². The standard InChI is InChI=1S/C26H23NO4/c1-2-31-16-13-11-15(12-14-16)27-25(28)23-21-17-7-3-5-9-19(17)22(24(23)26(29)30)20-10-6-4-8-18(20)21/h3-14,21-24H,2H2,1H3,(H,27,28)(H,29,30)/t21?,22?,23-,24-/m1/s1. The quantitative estimate of drug-likeness (QED) is 0.639. The number of ether oxygens (including phenoxy) is 1. The molecule has 0 fully saturated rings. The highest BCUT2D eigenvalue weighted by atomic mass is 16.5. The Balaban J connectivity index is 1.56. The Morgan fingerprint density at radius 2 is 1.29 bits per heavy atom. The van der Waals surface area contributed by atoms with Gasteiger partial charge in [0.2, 0.25) is 5.91 Å². The van der Waals surface area contributed by atoms with Crippen LogP contribution in [0.2, 0.25) is 0 Å². The highest BCUT2D eigenvalue weighted by molar-refractivity contribution is 5.98. The molecule has 31 heavy (non-hydrogen) atoms. The van der Waals surface area contributed by atoms with E-state index in [9.17, 15) is 14.7 Å². The molecule has 0 saturated heterocycles. The molecule has 156 valence electrons. The lowest BCUT2D eigenvalue weighted by Gasteiger charge is -2.48. The highest BCUT2D eigenvalue weighted by Gasteiger charge is 2.55. The number of carboxylic acids is 1. The monoisotopic (exact) mass is 413 g/mol. The maximum atomic E-state index is 13.5. The van der Waals surface area contributed by atoms with Crippen molar-refractivity contribution in [2.45, 2.75) is 18.8 Å². The molecular formula is C26H23NO4. The van der Waals surface area contributed by atoms with Crippen molar-refractivity contribution in [2.24, 2.45) is 11.8 Å². The van der Waals surface area contributed by atoms with Gasteiger partial charge >= 0.3 is 5.97 Å². The van der Waals surface area contributed by atoms with Gasteiger partial charge in [-0.3, -0.25) is 9.59 Å². The molecule has 6 rings (SSSR count). The van der Waals surface area contributed by atoms with E-state index in [1.54, 1.807) is 24.3 Å². The summed E-state index contributed by atoms with van der Waals surface area (Å²) >= 11 is 0. The van der Waals surface area contributed by atoms with E-state index in [4.69, 9.17) is 4.74 Å². The van der Waals surface area contributed by atoms with Gasteiger partial charge in [-0.05, 0) is 53.4 Å². The summed E-state index contributed by atoms with van der Waals surface area (Å²) < 4.78 is 5.46. The lowest BCUT2D eigenvalue weighted by atomic mass is 9.54. The van der Waals surface area contributed by atoms with Gasteiger partial charge in [-0.2, -0.15) is 0 Å². The third kappa shape index (κ3) is 3.08. The summed E-state index contributed by atoms with van der Waals surface area (Å²) in [5, 5.41) is 13.2. The van der Waals surface area contributed by atoms with E-state index < -0.39 is 17.8 Å². The zero-order valence-corrected chi connectivity index (χ0v) is 17.1. The average Bonchev–Trinajstić information content (AvgIpc) is 2.80. The van der Waals surface area contributed by atoms with Crippen LogP contribution < -0.4 is 10.1 Å². The summed E-state index contributed by atoms with van der Waals surface area (Å²) in [5.41, 5.74) is 4.76. The van der Waals surface area contributed by atoms with E-state index in [0.29, 0.717) is 12.3 Å². The van der Waals surface area contributed by atoms with Crippen LogP contribution in [-0.4, -0.2) is 23.6 Å². The van der Waals surface area contributed by atoms with Crippen molar-refractivity contribution in [3.8, 4) is 5.75 Å². The van der Waals surface area contributed by atoms with Crippen molar-refractivity contribution in [3.05, 3.63) is 95.1 Å². The maximum Gasteiger partial charge on any atom is 0.308 e. The first kappa shape index (κ1) is 19.4. The SMILES string of the molecule is CCOc1ccc(NC(=O)[C@@H]2C3c4ccccc4C(c4ccccc43)[C@H]2C(=O)O)cc1. The van der Waals surface area contributed by atoms with Crippen molar-refractivity contribution >= 4 is 17.6 Å². The van der Waals surface area contributed by atoms with Gasteiger partial charge in [0, 0.05) is 17.5 Å². The lowest BCUT2D eigenvalue weighted by molar-refractivity contribution is -0.148. The first-order chi connectivity index (χ1) is 15.1. The first-order valence-corrected chi connectivity index (χ1v) is 10.5. The number of amides is 1. The molecule has 3 aliphatic rings. The van der Waals surface area contributed by atoms with Crippen LogP contribution in [0.15, 0.2) is 72.8 Å². The average molecular weight is 413 g/mol. The van der Waals surface area contributed by atoms with Crippen LogP contribution in [0.1, 0.15) is 41.0 Å². The Bertz CT molecular complexity index is 1110. The molecular weight excluding hydrogens is 390 g/mol. The topological polar surface area (TPSA) is 75.6 Å². The van der Waals surface area contributed by atoms with Crippen molar-refractivity contribution in [1.29, 1.82) is 0 Å². The third-order valence-electron chi connectivity index (χ3n) is 6.46. The van der Waals surface area contributed by atoms with Crippen LogP contribution >= 0.6 is 0 Å². The van der Waals surface area contributed by atoms with Crippen molar-refractivity contribution < 1.29 is 19.4 Å². The number of hydrogen-bond acceptors (Lipinski definition) is 3. The van der Waals surface area contributed by atoms with Crippen molar-refractivity contribution in [1.82, 2.24) is 0 Å². The summed E-state index contributed by atoms with van der Waals surface area (Å²) in [4.78, 5) is 25.9. The van der Waals surface area contributed by atoms with Crippen LogP contribution in [0.3, 0.4) is 0 Å². The number of anilines is 1. The van der Waals surface area contributed by atoms with Gasteiger partial charge in [-0.15, -0.1) is 0 Å². The normalized spacial score (nSPS) is 22.9. The number of carbonyl (C=O) groups excluding carboxylic acids is 1. The van der Waals surface area contributed by atoms with Gasteiger partial charge in [0.05, 0.1) is 18.4 Å². The second-order valence-corrected chi connectivity index (χ2v) is 8.05. The van der Waals surface area contributed by atoms with E-state index in [2.05, 4.69) is 5.32 Å². The molecule has 0 radical (unpaired) electrons. The summed E-state index contributed by atoms with van der Waals surface area (Å²) in [6, 6.07) is 23.0. The molecule has 0 aliphatic heterocycles. The number of rotatable bonds is 5. The molecule has 1 amide bonds. The molecule has 0 aromatic heterocycles. The van der Waals surface area contributed by atoms with Gasteiger partial charge in [0.1, 0.15) is 5.75 Å². The molecule has 3 aromatic carbocycles. The maximum absolute atomic E-state index is 13.5. The minimum atomic E-state index is -0.939. The summed E-state index contributed by atoms with van der Waals surface area (Å²) in [6.07, 6.45) is 0. The predicted octanol–water partition coefficient (Wildman–Crippen LogP) is 4.63. The second kappa shape index (κ2) is 7.58. The third-order valence-corrected chi connectivity index (χ3v) is 6.46. The minimum absolute atomic E-state index is 0.268. The van der Waals surface area contributed by atoms with Gasteiger partial charge in [0.15, 0.2) is 0 Å². The highest BCUT2D eigenvalue weighted by Crippen LogP contribution is 2.58. The second-order valence-electron chi connectivity index (χ2n) is 8.05. The Labute approximate surface area is 180 Å². The summed E-state index contributed by atoms with van der Waals surface area (Å²) in [5.74, 6) is -2.63. The zero-order chi connectivity index (χ0) is 21.5. The summed E-state index contributed by atoms with van der Waals surface area (Å²) in [7, 11) is 0. The number of benzene rings is 3. The van der Waals surface area contributed by atoms with Crippen LogP contribution in [0.4, 0.5) is 5.69 Å². The fraction of sp³-hybridized carbons (Fsp3) is 0.231. The molecule has 5 nitrogen and oxygen atoms in total. The predicted molar refractivity (Wildman–Crippen MR) is 117 cm³/mol. The van der Waals surface area contributed by atoms with Crippen LogP contribution in [0.25, 0.3) is 0 Å². The molecule has 0 unspecified atom stereocenters. The largest absolute Gasteiger partial charge is 0.494 e. The van der Waals surface area contributed by atoms with Gasteiger partial charge in [-0.25, -0.2) is 0 Å². The molecule has 0 spiro atoms. The zero-order valence-electron chi connectivity index (χ0n) is 17.1. The summed E-state index contributed by atoms with van der Waals surface area (Å²) in [6.45, 7) is 2.48. The van der Waals surface area contributed by atoms with Crippen LogP contribution in [0, 0.1) is 11.8 Å². The number of carbonyl (C=O) groups is 2. The van der Waals surface area contributed by atoms with Gasteiger partial charge < -0.3 is 15.2 Å². The van der Waals surface area contributed by atoms with E-state index in [1.165, 1.54) is 0 Å². The first-order valence-electron chi connectivity index (χ1n) is 10.5. The molecule has 2 atom stereocenters. The smallest absolute Gasteiger partial charge is 0.308 e. The van der Waals surface area contributed by atoms with Crippen molar-refractivity contribution in [2.75, 3.05) is 11.9 Å². The van der Waals surface area contributed by atoms with Crippen LogP contribution in [-0.2, 0) is 9.59 Å². The van der Waals surface area contributed by atoms with Gasteiger partial charge in [-0.1, -0.05) is 48.5 Å². The fourth-order valence-electron chi connectivity index (χ4n) is 5.32. The molecule has 5 heteroatoms. The molecule has 2 bridgehead atoms. The number of carboxylic acid groups (broad SMARTS) is 1. The molecule has 0 saturated carbocycles.